The number of rotatable bonds is 13. The van der Waals surface area contributed by atoms with Gasteiger partial charge in [-0.05, 0) is 85.2 Å². The summed E-state index contributed by atoms with van der Waals surface area (Å²) in [6.07, 6.45) is 1.94. The van der Waals surface area contributed by atoms with Crippen molar-refractivity contribution in [2.45, 2.75) is 64.3 Å². The number of likely N-dealkylation sites (tertiary alicyclic amines) is 1. The minimum Gasteiger partial charge on any atom is -0.456 e. The first kappa shape index (κ1) is 35.1. The number of esters is 1. The smallest absolute Gasteiger partial charge is 0.338 e. The van der Waals surface area contributed by atoms with Gasteiger partial charge in [0.05, 0.1) is 18.2 Å². The molecule has 1 amide bonds. The molecule has 1 heterocycles. The summed E-state index contributed by atoms with van der Waals surface area (Å²) >= 11 is 0. The second kappa shape index (κ2) is 16.6. The normalized spacial score (nSPS) is 15.9. The Hall–Kier alpha value is -3.37. The maximum Gasteiger partial charge on any atom is 0.338 e. The average Bonchev–Trinajstić information content (AvgIpc) is 3.43. The van der Waals surface area contributed by atoms with E-state index in [4.69, 9.17) is 15.2 Å². The third-order valence-electron chi connectivity index (χ3n) is 7.76. The molecule has 1 saturated heterocycles. The van der Waals surface area contributed by atoms with Crippen molar-refractivity contribution in [1.29, 1.82) is 0 Å². The van der Waals surface area contributed by atoms with Crippen LogP contribution in [0.2, 0.25) is 0 Å². The molecule has 2 unspecified atom stereocenters. The van der Waals surface area contributed by atoms with Gasteiger partial charge in [0.2, 0.25) is 0 Å². The lowest BCUT2D eigenvalue weighted by Gasteiger charge is -2.26. The van der Waals surface area contributed by atoms with Crippen LogP contribution >= 0.6 is 12.4 Å². The predicted molar refractivity (Wildman–Crippen MR) is 169 cm³/mol. The molecule has 3 atom stereocenters. The molecule has 0 bridgehead atoms. The summed E-state index contributed by atoms with van der Waals surface area (Å²) < 4.78 is 39.0. The van der Waals surface area contributed by atoms with E-state index < -0.39 is 29.7 Å². The fraction of sp³-hybridized carbons (Fsp3) is 0.412. The summed E-state index contributed by atoms with van der Waals surface area (Å²) in [5.74, 6) is -2.19. The van der Waals surface area contributed by atoms with Crippen molar-refractivity contribution in [3.63, 3.8) is 0 Å². The van der Waals surface area contributed by atoms with Crippen LogP contribution in [0.3, 0.4) is 0 Å². The fourth-order valence-corrected chi connectivity index (χ4v) is 5.60. The second-order valence-corrected chi connectivity index (χ2v) is 11.2. The summed E-state index contributed by atoms with van der Waals surface area (Å²) in [4.78, 5) is 28.7. The minimum atomic E-state index is -0.822. The van der Waals surface area contributed by atoms with Crippen molar-refractivity contribution < 1.29 is 27.8 Å². The fourth-order valence-electron chi connectivity index (χ4n) is 5.60. The van der Waals surface area contributed by atoms with Crippen molar-refractivity contribution in [2.24, 2.45) is 5.73 Å². The molecule has 0 saturated carbocycles. The molecule has 1 fully saturated rings. The zero-order valence-electron chi connectivity index (χ0n) is 25.5. The van der Waals surface area contributed by atoms with Crippen LogP contribution in [0.1, 0.15) is 62.7 Å². The Labute approximate surface area is 264 Å². The van der Waals surface area contributed by atoms with Gasteiger partial charge in [0.25, 0.3) is 5.91 Å². The van der Waals surface area contributed by atoms with Gasteiger partial charge < -0.3 is 25.4 Å². The summed E-state index contributed by atoms with van der Waals surface area (Å²) in [7, 11) is 1.62. The number of nitrogens with zero attached hydrogens (tertiary/aromatic N) is 1. The molecule has 7 nitrogen and oxygen atoms in total. The van der Waals surface area contributed by atoms with Crippen LogP contribution in [0, 0.1) is 18.6 Å². The Balaban J connectivity index is 0.00000529. The molecule has 1 aliphatic heterocycles. The topological polar surface area (TPSA) is 93.9 Å². The zero-order chi connectivity index (χ0) is 30.9. The van der Waals surface area contributed by atoms with Gasteiger partial charge in [-0.1, -0.05) is 31.2 Å². The van der Waals surface area contributed by atoms with Gasteiger partial charge >= 0.3 is 5.97 Å². The van der Waals surface area contributed by atoms with E-state index in [-0.39, 0.29) is 42.9 Å². The number of ether oxygens (including phenoxy) is 2. The van der Waals surface area contributed by atoms with Crippen LogP contribution in [-0.2, 0) is 28.9 Å². The molecule has 0 spiro atoms. The van der Waals surface area contributed by atoms with Gasteiger partial charge in [-0.3, -0.25) is 4.79 Å². The number of carbonyl (C=O) groups is 2. The second-order valence-electron chi connectivity index (χ2n) is 11.2. The van der Waals surface area contributed by atoms with Crippen molar-refractivity contribution in [3.8, 4) is 0 Å². The maximum atomic E-state index is 13.9. The Bertz CT molecular complexity index is 1400. The van der Waals surface area contributed by atoms with E-state index in [1.165, 1.54) is 17.7 Å². The lowest BCUT2D eigenvalue weighted by molar-refractivity contribution is 0.0238. The lowest BCUT2D eigenvalue weighted by atomic mass is 10.0. The van der Waals surface area contributed by atoms with Crippen molar-refractivity contribution in [3.05, 3.63) is 106 Å². The first-order chi connectivity index (χ1) is 20.7. The molecular weight excluding hydrogens is 588 g/mol. The summed E-state index contributed by atoms with van der Waals surface area (Å²) in [6.45, 7) is 5.72. The highest BCUT2D eigenvalue weighted by Gasteiger charge is 2.30. The van der Waals surface area contributed by atoms with Crippen molar-refractivity contribution in [2.75, 3.05) is 26.8 Å². The molecule has 3 aromatic rings. The number of amides is 1. The number of aryl methyl sites for hydroxylation is 2. The standard InChI is InChI=1S/C34H41F2N3O4.ClH/c1-4-23-7-5-8-24(13-23)19-38-20-32(31(37)16-25-14-28(35)18-29(36)15-25)43-34(41)27-12-22(2)11-26(17-27)33(40)39-10-6-9-30(39)21-42-3;/h5,7-8,11-15,17-18,30-32,38H,4,6,9-10,16,19-21,37H2,1-3H3;1H/t30-,31?,32?;/m0./s1. The van der Waals surface area contributed by atoms with Gasteiger partial charge in [0.1, 0.15) is 17.7 Å². The molecule has 44 heavy (non-hydrogen) atoms. The lowest BCUT2D eigenvalue weighted by Crippen LogP contribution is -2.46. The van der Waals surface area contributed by atoms with Crippen molar-refractivity contribution >= 4 is 24.3 Å². The maximum absolute atomic E-state index is 13.9. The number of benzene rings is 3. The van der Waals surface area contributed by atoms with Crippen LogP contribution < -0.4 is 11.1 Å². The molecule has 10 heteroatoms. The number of halogens is 3. The van der Waals surface area contributed by atoms with Gasteiger partial charge in [0, 0.05) is 44.4 Å². The molecule has 0 aliphatic carbocycles. The Morgan fingerprint density at radius 3 is 2.43 bits per heavy atom. The van der Waals surface area contributed by atoms with Gasteiger partial charge in [-0.15, -0.1) is 12.4 Å². The Morgan fingerprint density at radius 1 is 1.02 bits per heavy atom. The number of nitrogens with two attached hydrogens (primary N) is 1. The van der Waals surface area contributed by atoms with E-state index >= 15 is 0 Å². The molecule has 4 rings (SSSR count). The average molecular weight is 630 g/mol. The highest BCUT2D eigenvalue weighted by molar-refractivity contribution is 5.98. The predicted octanol–water partition coefficient (Wildman–Crippen LogP) is 5.39. The van der Waals surface area contributed by atoms with E-state index in [0.29, 0.717) is 30.8 Å². The minimum absolute atomic E-state index is 0. The van der Waals surface area contributed by atoms with Crippen LogP contribution in [0.25, 0.3) is 0 Å². The first-order valence-electron chi connectivity index (χ1n) is 14.8. The van der Waals surface area contributed by atoms with Crippen LogP contribution in [0.15, 0.2) is 60.7 Å². The summed E-state index contributed by atoms with van der Waals surface area (Å²) in [5.41, 5.74) is 10.5. The SMILES string of the molecule is CCc1cccc(CNCC(OC(=O)c2cc(C)cc(C(=O)N3CCC[C@H]3COC)c2)C(N)Cc2cc(F)cc(F)c2)c1.Cl. The number of methoxy groups -OCH3 is 1. The monoisotopic (exact) mass is 629 g/mol. The first-order valence-corrected chi connectivity index (χ1v) is 14.8. The quantitative estimate of drug-likeness (QED) is 0.246. The summed E-state index contributed by atoms with van der Waals surface area (Å²) in [5, 5.41) is 3.32. The van der Waals surface area contributed by atoms with Crippen LogP contribution in [-0.4, -0.2) is 61.8 Å². The van der Waals surface area contributed by atoms with Gasteiger partial charge in [-0.2, -0.15) is 0 Å². The van der Waals surface area contributed by atoms with E-state index in [0.717, 1.165) is 36.5 Å². The zero-order valence-corrected chi connectivity index (χ0v) is 26.3. The highest BCUT2D eigenvalue weighted by atomic mass is 35.5. The summed E-state index contributed by atoms with van der Waals surface area (Å²) in [6, 6.07) is 15.6. The Kier molecular flexibility index (Phi) is 13.3. The van der Waals surface area contributed by atoms with Gasteiger partial charge in [-0.25, -0.2) is 13.6 Å². The van der Waals surface area contributed by atoms with Crippen LogP contribution in [0.4, 0.5) is 8.78 Å². The molecule has 0 aromatic heterocycles. The number of hydrogen-bond acceptors (Lipinski definition) is 6. The molecular formula is C34H42ClF2N3O4. The van der Waals surface area contributed by atoms with Crippen molar-refractivity contribution in [1.82, 2.24) is 10.2 Å². The molecule has 0 radical (unpaired) electrons. The van der Waals surface area contributed by atoms with E-state index in [1.54, 1.807) is 30.2 Å². The Morgan fingerprint density at radius 2 is 1.73 bits per heavy atom. The number of carbonyl (C=O) groups excluding carboxylic acids is 2. The molecule has 3 N–H and O–H groups in total. The van der Waals surface area contributed by atoms with E-state index in [1.807, 2.05) is 19.1 Å². The van der Waals surface area contributed by atoms with Gasteiger partial charge in [0.15, 0.2) is 0 Å². The van der Waals surface area contributed by atoms with Crippen LogP contribution in [0.5, 0.6) is 0 Å². The highest BCUT2D eigenvalue weighted by Crippen LogP contribution is 2.22. The van der Waals surface area contributed by atoms with E-state index in [2.05, 4.69) is 24.4 Å². The number of nitrogens with one attached hydrogen (secondary N) is 1. The number of hydrogen-bond donors (Lipinski definition) is 2. The molecule has 238 valence electrons. The van der Waals surface area contributed by atoms with E-state index in [9.17, 15) is 18.4 Å². The largest absolute Gasteiger partial charge is 0.456 e. The molecule has 3 aromatic carbocycles. The third kappa shape index (κ3) is 9.56. The molecule has 1 aliphatic rings. The third-order valence-corrected chi connectivity index (χ3v) is 7.76.